The first-order chi connectivity index (χ1) is 18.6. The number of rotatable bonds is 7. The molecule has 3 amide bonds. The van der Waals surface area contributed by atoms with Crippen LogP contribution >= 0.6 is 11.6 Å². The fourth-order valence-electron chi connectivity index (χ4n) is 3.25. The molecule has 0 saturated carbocycles. The average molecular weight is 614 g/mol. The van der Waals surface area contributed by atoms with Crippen molar-refractivity contribution >= 4 is 45.4 Å². The SMILES string of the molecule is Cc1ccc(NC(=O)Cn2ncc(Cl)c(CN(C(=O)OC(C)(C)C)C(=O)OC(C)(C)C)c2=O)cc1S(=O)(=O)N(C)C. The zero-order valence-corrected chi connectivity index (χ0v) is 26.1. The van der Waals surface area contributed by atoms with Crippen LogP contribution in [0, 0.1) is 6.92 Å². The lowest BCUT2D eigenvalue weighted by Crippen LogP contribution is -2.44. The molecule has 15 heteroatoms. The number of amides is 3. The van der Waals surface area contributed by atoms with E-state index in [1.165, 1.54) is 26.2 Å². The molecule has 1 heterocycles. The van der Waals surface area contributed by atoms with Crippen LogP contribution in [-0.4, -0.2) is 70.8 Å². The number of aromatic nitrogens is 2. The van der Waals surface area contributed by atoms with Crippen LogP contribution in [0.5, 0.6) is 0 Å². The van der Waals surface area contributed by atoms with E-state index < -0.39 is 58.0 Å². The van der Waals surface area contributed by atoms with Crippen molar-refractivity contribution in [2.45, 2.75) is 77.7 Å². The predicted octanol–water partition coefficient (Wildman–Crippen LogP) is 3.77. The number of carbonyl (C=O) groups excluding carboxylic acids is 3. The Morgan fingerprint density at radius 2 is 1.56 bits per heavy atom. The number of benzene rings is 1. The van der Waals surface area contributed by atoms with Crippen molar-refractivity contribution in [3.8, 4) is 0 Å². The molecule has 0 spiro atoms. The van der Waals surface area contributed by atoms with Gasteiger partial charge in [0.1, 0.15) is 17.7 Å². The van der Waals surface area contributed by atoms with Crippen molar-refractivity contribution in [1.82, 2.24) is 19.0 Å². The van der Waals surface area contributed by atoms with E-state index in [2.05, 4.69) is 10.4 Å². The van der Waals surface area contributed by atoms with Gasteiger partial charge in [-0.2, -0.15) is 5.10 Å². The smallest absolute Gasteiger partial charge is 0.420 e. The van der Waals surface area contributed by atoms with Crippen LogP contribution in [0.15, 0.2) is 34.1 Å². The third kappa shape index (κ3) is 9.26. The molecule has 0 unspecified atom stereocenters. The molecule has 2 aromatic rings. The van der Waals surface area contributed by atoms with Crippen molar-refractivity contribution in [2.24, 2.45) is 0 Å². The summed E-state index contributed by atoms with van der Waals surface area (Å²) >= 11 is 6.22. The first-order valence-electron chi connectivity index (χ1n) is 12.4. The highest BCUT2D eigenvalue weighted by atomic mass is 35.5. The Kier molecular flexibility index (Phi) is 10.3. The molecule has 0 atom stereocenters. The van der Waals surface area contributed by atoms with Gasteiger partial charge in [-0.1, -0.05) is 17.7 Å². The van der Waals surface area contributed by atoms with Crippen molar-refractivity contribution in [1.29, 1.82) is 0 Å². The van der Waals surface area contributed by atoms with Crippen molar-refractivity contribution in [3.63, 3.8) is 0 Å². The molecule has 0 aliphatic heterocycles. The van der Waals surface area contributed by atoms with Crippen LogP contribution in [0.1, 0.15) is 52.7 Å². The molecule has 226 valence electrons. The van der Waals surface area contributed by atoms with Gasteiger partial charge in [0.05, 0.1) is 28.2 Å². The van der Waals surface area contributed by atoms with Crippen molar-refractivity contribution in [3.05, 3.63) is 50.9 Å². The number of sulfonamides is 1. The molecule has 13 nitrogen and oxygen atoms in total. The minimum absolute atomic E-state index is 0.00810. The van der Waals surface area contributed by atoms with Gasteiger partial charge >= 0.3 is 12.2 Å². The van der Waals surface area contributed by atoms with E-state index >= 15 is 0 Å². The number of carbonyl (C=O) groups is 3. The fourth-order valence-corrected chi connectivity index (χ4v) is 4.58. The molecular weight excluding hydrogens is 578 g/mol. The quantitative estimate of drug-likeness (QED) is 0.491. The summed E-state index contributed by atoms with van der Waals surface area (Å²) in [6.45, 7) is 10.1. The summed E-state index contributed by atoms with van der Waals surface area (Å²) in [6.07, 6.45) is -1.03. The molecule has 2 rings (SSSR count). The van der Waals surface area contributed by atoms with E-state index in [4.69, 9.17) is 21.1 Å². The third-order valence-corrected chi connectivity index (χ3v) is 7.44. The molecule has 0 aliphatic rings. The van der Waals surface area contributed by atoms with Gasteiger partial charge in [-0.25, -0.2) is 31.9 Å². The number of imide groups is 1. The molecule has 41 heavy (non-hydrogen) atoms. The number of aryl methyl sites for hydroxylation is 1. The lowest BCUT2D eigenvalue weighted by molar-refractivity contribution is -0.117. The number of anilines is 1. The Morgan fingerprint density at radius 3 is 2.05 bits per heavy atom. The number of nitrogens with zero attached hydrogens (tertiary/aromatic N) is 4. The second kappa shape index (κ2) is 12.6. The molecule has 1 aromatic heterocycles. The monoisotopic (exact) mass is 613 g/mol. The van der Waals surface area contributed by atoms with Crippen LogP contribution < -0.4 is 10.9 Å². The molecule has 0 saturated heterocycles. The number of hydrogen-bond donors (Lipinski definition) is 1. The van der Waals surface area contributed by atoms with Crippen LogP contribution in [0.3, 0.4) is 0 Å². The van der Waals surface area contributed by atoms with E-state index in [1.807, 2.05) is 0 Å². The molecular formula is C26H36ClN5O8S. The Bertz CT molecular complexity index is 1460. The summed E-state index contributed by atoms with van der Waals surface area (Å²) < 4.78 is 37.7. The lowest BCUT2D eigenvalue weighted by atomic mass is 10.2. The second-order valence-electron chi connectivity index (χ2n) is 11.3. The second-order valence-corrected chi connectivity index (χ2v) is 13.8. The summed E-state index contributed by atoms with van der Waals surface area (Å²) in [4.78, 5) is 52.4. The van der Waals surface area contributed by atoms with E-state index in [1.54, 1.807) is 54.5 Å². The van der Waals surface area contributed by atoms with Gasteiger partial charge in [0.2, 0.25) is 15.9 Å². The van der Waals surface area contributed by atoms with Crippen LogP contribution in [0.25, 0.3) is 0 Å². The standard InChI is InChI=1S/C26H36ClN5O8S/c1-16-10-11-17(12-20(16)41(37,38)30(8)9)29-21(33)15-32-22(34)18(19(27)13-28-32)14-31(23(35)39-25(2,3)4)24(36)40-26(5,6)7/h10-13H,14-15H2,1-9H3,(H,29,33). The number of nitrogens with one attached hydrogen (secondary N) is 1. The maximum Gasteiger partial charge on any atom is 0.420 e. The van der Waals surface area contributed by atoms with Crippen molar-refractivity contribution < 1.29 is 32.3 Å². The van der Waals surface area contributed by atoms with Gasteiger partial charge in [-0.3, -0.25) is 9.59 Å². The van der Waals surface area contributed by atoms with Crippen LogP contribution in [0.2, 0.25) is 5.02 Å². The summed E-state index contributed by atoms with van der Waals surface area (Å²) in [5.74, 6) is -0.693. The normalized spacial score (nSPS) is 12.2. The van der Waals surface area contributed by atoms with Gasteiger partial charge in [-0.05, 0) is 66.2 Å². The fraction of sp³-hybridized carbons (Fsp3) is 0.500. The zero-order chi connectivity index (χ0) is 31.5. The van der Waals surface area contributed by atoms with Gasteiger partial charge in [0, 0.05) is 19.8 Å². The highest BCUT2D eigenvalue weighted by Crippen LogP contribution is 2.23. The topological polar surface area (TPSA) is 157 Å². The number of hydrogen-bond acceptors (Lipinski definition) is 9. The molecule has 1 aromatic carbocycles. The highest BCUT2D eigenvalue weighted by molar-refractivity contribution is 7.89. The third-order valence-electron chi connectivity index (χ3n) is 5.16. The van der Waals surface area contributed by atoms with Gasteiger partial charge in [0.25, 0.3) is 5.56 Å². The summed E-state index contributed by atoms with van der Waals surface area (Å²) in [6, 6.07) is 4.37. The molecule has 0 aliphatic carbocycles. The first kappa shape index (κ1) is 33.7. The summed E-state index contributed by atoms with van der Waals surface area (Å²) in [5.41, 5.74) is -2.30. The maximum atomic E-state index is 13.3. The van der Waals surface area contributed by atoms with Crippen LogP contribution in [-0.2, 0) is 37.4 Å². The molecule has 0 radical (unpaired) electrons. The highest BCUT2D eigenvalue weighted by Gasteiger charge is 2.33. The van der Waals surface area contributed by atoms with E-state index in [9.17, 15) is 27.6 Å². The zero-order valence-electron chi connectivity index (χ0n) is 24.6. The minimum atomic E-state index is -3.77. The predicted molar refractivity (Wildman–Crippen MR) is 152 cm³/mol. The largest absolute Gasteiger partial charge is 0.443 e. The number of ether oxygens (including phenoxy) is 2. The summed E-state index contributed by atoms with van der Waals surface area (Å²) in [7, 11) is -0.987. The van der Waals surface area contributed by atoms with Gasteiger partial charge in [-0.15, -0.1) is 0 Å². The molecule has 0 fully saturated rings. The molecule has 1 N–H and O–H groups in total. The summed E-state index contributed by atoms with van der Waals surface area (Å²) in [5, 5.41) is 6.28. The van der Waals surface area contributed by atoms with Gasteiger partial charge < -0.3 is 14.8 Å². The number of halogens is 1. The average Bonchev–Trinajstić information content (AvgIpc) is 2.79. The van der Waals surface area contributed by atoms with E-state index in [0.717, 1.165) is 15.2 Å². The van der Waals surface area contributed by atoms with E-state index in [-0.39, 0.29) is 21.2 Å². The Hall–Kier alpha value is -3.49. The van der Waals surface area contributed by atoms with Crippen LogP contribution in [0.4, 0.5) is 15.3 Å². The Morgan fingerprint density at radius 1 is 1.02 bits per heavy atom. The minimum Gasteiger partial charge on any atom is -0.443 e. The Balaban J connectivity index is 2.37. The first-order valence-corrected chi connectivity index (χ1v) is 14.2. The van der Waals surface area contributed by atoms with Gasteiger partial charge in [0.15, 0.2) is 0 Å². The van der Waals surface area contributed by atoms with Crippen molar-refractivity contribution in [2.75, 3.05) is 19.4 Å². The maximum absolute atomic E-state index is 13.3. The molecule has 0 bridgehead atoms. The van der Waals surface area contributed by atoms with E-state index in [0.29, 0.717) is 10.5 Å². The lowest BCUT2D eigenvalue weighted by Gasteiger charge is -2.28. The Labute approximate surface area is 244 Å².